The molecule has 1 saturated heterocycles. The second kappa shape index (κ2) is 5.34. The Labute approximate surface area is 115 Å². The van der Waals surface area contributed by atoms with Gasteiger partial charge in [-0.1, -0.05) is 12.1 Å². The fraction of sp³-hybridized carbons (Fsp3) is 0.500. The lowest BCUT2D eigenvalue weighted by atomic mass is 9.92. The number of ether oxygens (including phenoxy) is 1. The van der Waals surface area contributed by atoms with Gasteiger partial charge < -0.3 is 9.64 Å². The van der Waals surface area contributed by atoms with Crippen LogP contribution in [0.4, 0.5) is 13.2 Å². The van der Waals surface area contributed by atoms with E-state index in [1.807, 2.05) is 13.8 Å². The van der Waals surface area contributed by atoms with Crippen LogP contribution in [0.2, 0.25) is 0 Å². The van der Waals surface area contributed by atoms with Crippen molar-refractivity contribution in [1.29, 1.82) is 0 Å². The van der Waals surface area contributed by atoms with E-state index >= 15 is 0 Å². The molecule has 2 atom stereocenters. The second-order valence-corrected chi connectivity index (χ2v) is 4.85. The predicted molar refractivity (Wildman–Crippen MR) is 67.3 cm³/mol. The fourth-order valence-electron chi connectivity index (χ4n) is 2.72. The molecular weight excluding hydrogens is 271 g/mol. The van der Waals surface area contributed by atoms with Crippen LogP contribution >= 0.6 is 0 Å². The molecule has 1 heterocycles. The Morgan fingerprint density at radius 3 is 2.65 bits per heavy atom. The van der Waals surface area contributed by atoms with Crippen LogP contribution in [0, 0.1) is 0 Å². The lowest BCUT2D eigenvalue weighted by Crippen LogP contribution is -2.32. The summed E-state index contributed by atoms with van der Waals surface area (Å²) < 4.78 is 40.6. The van der Waals surface area contributed by atoms with Crippen LogP contribution < -0.4 is 4.74 Å². The maximum atomic E-state index is 12.2. The lowest BCUT2D eigenvalue weighted by molar-refractivity contribution is -0.274. The summed E-state index contributed by atoms with van der Waals surface area (Å²) in [5.41, 5.74) is 0.698. The first-order valence-electron chi connectivity index (χ1n) is 6.47. The van der Waals surface area contributed by atoms with E-state index in [2.05, 4.69) is 4.74 Å². The number of likely N-dealkylation sites (tertiary alicyclic amines) is 1. The van der Waals surface area contributed by atoms with Crippen LogP contribution in [0.25, 0.3) is 0 Å². The van der Waals surface area contributed by atoms with Crippen LogP contribution in [-0.4, -0.2) is 29.8 Å². The number of carbonyl (C=O) groups is 1. The molecule has 0 unspecified atom stereocenters. The highest BCUT2D eigenvalue weighted by atomic mass is 19.4. The van der Waals surface area contributed by atoms with Gasteiger partial charge in [0.25, 0.3) is 0 Å². The van der Waals surface area contributed by atoms with Crippen LogP contribution in [0.1, 0.15) is 31.7 Å². The SMILES string of the molecule is CCN1C(=O)C[C@H](c2cccc(OC(F)(F)F)c2)[C@@H]1C. The van der Waals surface area contributed by atoms with E-state index in [4.69, 9.17) is 0 Å². The quantitative estimate of drug-likeness (QED) is 0.853. The zero-order chi connectivity index (χ0) is 14.9. The molecule has 0 spiro atoms. The molecule has 1 aliphatic heterocycles. The van der Waals surface area contributed by atoms with E-state index < -0.39 is 6.36 Å². The summed E-state index contributed by atoms with van der Waals surface area (Å²) in [6, 6.07) is 5.85. The summed E-state index contributed by atoms with van der Waals surface area (Å²) in [5, 5.41) is 0. The van der Waals surface area contributed by atoms with Crippen molar-refractivity contribution in [2.75, 3.05) is 6.54 Å². The van der Waals surface area contributed by atoms with Crippen molar-refractivity contribution in [2.45, 2.75) is 38.6 Å². The first-order valence-corrected chi connectivity index (χ1v) is 6.47. The van der Waals surface area contributed by atoms with E-state index in [-0.39, 0.29) is 23.6 Å². The van der Waals surface area contributed by atoms with Gasteiger partial charge in [-0.25, -0.2) is 0 Å². The number of likely N-dealkylation sites (N-methyl/N-ethyl adjacent to an activating group) is 1. The van der Waals surface area contributed by atoms with Crippen molar-refractivity contribution in [1.82, 2.24) is 4.90 Å². The number of rotatable bonds is 3. The molecule has 3 nitrogen and oxygen atoms in total. The average molecular weight is 287 g/mol. The van der Waals surface area contributed by atoms with Gasteiger partial charge in [0.1, 0.15) is 5.75 Å². The van der Waals surface area contributed by atoms with Crippen molar-refractivity contribution in [3.05, 3.63) is 29.8 Å². The molecule has 6 heteroatoms. The predicted octanol–water partition coefficient (Wildman–Crippen LogP) is 3.31. The van der Waals surface area contributed by atoms with Gasteiger partial charge >= 0.3 is 6.36 Å². The topological polar surface area (TPSA) is 29.5 Å². The first kappa shape index (κ1) is 14.7. The van der Waals surface area contributed by atoms with Crippen molar-refractivity contribution < 1.29 is 22.7 Å². The minimum absolute atomic E-state index is 0.0198. The summed E-state index contributed by atoms with van der Waals surface area (Å²) in [4.78, 5) is 13.6. The molecule has 0 radical (unpaired) electrons. The number of halogens is 3. The molecule has 1 fully saturated rings. The van der Waals surface area contributed by atoms with Crippen molar-refractivity contribution in [3.63, 3.8) is 0 Å². The molecule has 0 saturated carbocycles. The van der Waals surface area contributed by atoms with E-state index in [1.54, 1.807) is 11.0 Å². The molecular formula is C14H16F3NO2. The van der Waals surface area contributed by atoms with Gasteiger partial charge in [0.05, 0.1) is 0 Å². The largest absolute Gasteiger partial charge is 0.573 e. The number of hydrogen-bond acceptors (Lipinski definition) is 2. The molecule has 0 bridgehead atoms. The van der Waals surface area contributed by atoms with E-state index in [0.29, 0.717) is 18.5 Å². The Bertz CT molecular complexity index is 501. The van der Waals surface area contributed by atoms with Gasteiger partial charge in [-0.2, -0.15) is 0 Å². The fourth-order valence-corrected chi connectivity index (χ4v) is 2.72. The smallest absolute Gasteiger partial charge is 0.406 e. The van der Waals surface area contributed by atoms with E-state index in [0.717, 1.165) is 0 Å². The molecule has 0 N–H and O–H groups in total. The van der Waals surface area contributed by atoms with Gasteiger partial charge in [-0.3, -0.25) is 4.79 Å². The van der Waals surface area contributed by atoms with Gasteiger partial charge in [0.15, 0.2) is 0 Å². The minimum atomic E-state index is -4.70. The Kier molecular flexibility index (Phi) is 3.92. The number of benzene rings is 1. The highest BCUT2D eigenvalue weighted by Crippen LogP contribution is 2.36. The average Bonchev–Trinajstić information content (AvgIpc) is 2.62. The third kappa shape index (κ3) is 3.05. The maximum Gasteiger partial charge on any atom is 0.573 e. The Morgan fingerprint density at radius 1 is 1.40 bits per heavy atom. The molecule has 1 aromatic carbocycles. The summed E-state index contributed by atoms with van der Waals surface area (Å²) in [6.45, 7) is 4.41. The van der Waals surface area contributed by atoms with Gasteiger partial charge in [-0.15, -0.1) is 13.2 Å². The minimum Gasteiger partial charge on any atom is -0.406 e. The molecule has 1 aliphatic rings. The molecule has 2 rings (SSSR count). The Hall–Kier alpha value is -1.72. The van der Waals surface area contributed by atoms with Crippen molar-refractivity contribution in [2.24, 2.45) is 0 Å². The Balaban J connectivity index is 2.22. The third-order valence-electron chi connectivity index (χ3n) is 3.65. The van der Waals surface area contributed by atoms with Crippen LogP contribution in [0.3, 0.4) is 0 Å². The van der Waals surface area contributed by atoms with Crippen LogP contribution in [0.5, 0.6) is 5.75 Å². The molecule has 0 aromatic heterocycles. The third-order valence-corrected chi connectivity index (χ3v) is 3.65. The zero-order valence-corrected chi connectivity index (χ0v) is 11.3. The van der Waals surface area contributed by atoms with Gasteiger partial charge in [0.2, 0.25) is 5.91 Å². The number of carbonyl (C=O) groups excluding carboxylic acids is 1. The molecule has 20 heavy (non-hydrogen) atoms. The summed E-state index contributed by atoms with van der Waals surface area (Å²) in [5.74, 6) is -0.309. The first-order chi connectivity index (χ1) is 9.31. The molecule has 1 amide bonds. The number of alkyl halides is 3. The van der Waals surface area contributed by atoms with E-state index in [1.165, 1.54) is 18.2 Å². The van der Waals surface area contributed by atoms with Crippen LogP contribution in [-0.2, 0) is 4.79 Å². The number of amides is 1. The summed E-state index contributed by atoms with van der Waals surface area (Å²) in [7, 11) is 0. The normalized spacial score (nSPS) is 23.2. The monoisotopic (exact) mass is 287 g/mol. The second-order valence-electron chi connectivity index (χ2n) is 4.85. The van der Waals surface area contributed by atoms with Crippen LogP contribution in [0.15, 0.2) is 24.3 Å². The van der Waals surface area contributed by atoms with Crippen molar-refractivity contribution in [3.8, 4) is 5.75 Å². The molecule has 1 aromatic rings. The standard InChI is InChI=1S/C14H16F3NO2/c1-3-18-9(2)12(8-13(18)19)10-5-4-6-11(7-10)20-14(15,16)17/h4-7,9,12H,3,8H2,1-2H3/t9-,12-/m0/s1. The molecule has 110 valence electrons. The summed E-state index contributed by atoms with van der Waals surface area (Å²) in [6.07, 6.45) is -4.38. The van der Waals surface area contributed by atoms with E-state index in [9.17, 15) is 18.0 Å². The highest BCUT2D eigenvalue weighted by Gasteiger charge is 2.37. The summed E-state index contributed by atoms with van der Waals surface area (Å²) >= 11 is 0. The van der Waals surface area contributed by atoms with Gasteiger partial charge in [0, 0.05) is 24.9 Å². The lowest BCUT2D eigenvalue weighted by Gasteiger charge is -2.23. The highest BCUT2D eigenvalue weighted by molar-refractivity contribution is 5.80. The molecule has 0 aliphatic carbocycles. The van der Waals surface area contributed by atoms with Gasteiger partial charge in [-0.05, 0) is 31.5 Å². The Morgan fingerprint density at radius 2 is 2.10 bits per heavy atom. The maximum absolute atomic E-state index is 12.2. The van der Waals surface area contributed by atoms with Crippen molar-refractivity contribution >= 4 is 5.91 Å². The zero-order valence-electron chi connectivity index (χ0n) is 11.3. The number of hydrogen-bond donors (Lipinski definition) is 0. The number of nitrogens with zero attached hydrogens (tertiary/aromatic N) is 1.